The van der Waals surface area contributed by atoms with E-state index in [0.717, 1.165) is 11.3 Å². The molecule has 0 spiro atoms. The van der Waals surface area contributed by atoms with E-state index in [4.69, 9.17) is 9.47 Å². The largest absolute Gasteiger partial charge is 0.492 e. The molecule has 2 aromatic rings. The summed E-state index contributed by atoms with van der Waals surface area (Å²) in [6.45, 7) is 14.5. The van der Waals surface area contributed by atoms with E-state index in [1.807, 2.05) is 36.4 Å². The third kappa shape index (κ3) is 5.46. The standard InChI is InChI=1S/C13H17NO2.C13H16O2/c1-13(2,3)9-4-5-10-11(8-9)16-7-6-14-12(10)15;1-13(2,3)9-4-5-10-11(14)6-7-15-12(10)8-9/h4-5,8H,6-7H2,1-3H3,(H,14,15);4-5,8H,6-7H2,1-3H3. The maximum absolute atomic E-state index is 11.7. The molecule has 166 valence electrons. The molecule has 0 saturated heterocycles. The van der Waals surface area contributed by atoms with Crippen LogP contribution in [0, 0.1) is 0 Å². The predicted molar refractivity (Wildman–Crippen MR) is 123 cm³/mol. The van der Waals surface area contributed by atoms with Crippen LogP contribution in [0.25, 0.3) is 0 Å². The Kier molecular flexibility index (Phi) is 6.44. The number of hydrogen-bond acceptors (Lipinski definition) is 4. The van der Waals surface area contributed by atoms with Gasteiger partial charge in [-0.3, -0.25) is 9.59 Å². The van der Waals surface area contributed by atoms with Gasteiger partial charge in [-0.25, -0.2) is 0 Å². The zero-order valence-electron chi connectivity index (χ0n) is 19.4. The van der Waals surface area contributed by atoms with Crippen molar-refractivity contribution in [1.29, 1.82) is 0 Å². The smallest absolute Gasteiger partial charge is 0.255 e. The lowest BCUT2D eigenvalue weighted by Gasteiger charge is -2.23. The molecule has 0 unspecified atom stereocenters. The molecule has 0 aliphatic carbocycles. The third-order valence-electron chi connectivity index (χ3n) is 5.47. The monoisotopic (exact) mass is 423 g/mol. The number of ether oxygens (including phenoxy) is 2. The van der Waals surface area contributed by atoms with Crippen molar-refractivity contribution in [3.8, 4) is 11.5 Å². The summed E-state index contributed by atoms with van der Waals surface area (Å²) in [5, 5.41) is 2.79. The number of Topliss-reactive ketones (excluding diaryl/α,β-unsaturated/α-hetero) is 1. The van der Waals surface area contributed by atoms with Crippen LogP contribution in [-0.4, -0.2) is 31.4 Å². The molecular formula is C26H33NO4. The predicted octanol–water partition coefficient (Wildman–Crippen LogP) is 5.06. The van der Waals surface area contributed by atoms with Crippen molar-refractivity contribution in [3.05, 3.63) is 58.7 Å². The van der Waals surface area contributed by atoms with E-state index in [1.54, 1.807) is 0 Å². The fourth-order valence-electron chi connectivity index (χ4n) is 3.44. The second kappa shape index (κ2) is 8.74. The molecule has 4 rings (SSSR count). The van der Waals surface area contributed by atoms with Gasteiger partial charge in [-0.15, -0.1) is 0 Å². The zero-order valence-corrected chi connectivity index (χ0v) is 19.4. The van der Waals surface area contributed by atoms with Gasteiger partial charge in [0.05, 0.1) is 24.3 Å². The van der Waals surface area contributed by atoms with Crippen LogP contribution in [0.3, 0.4) is 0 Å². The van der Waals surface area contributed by atoms with Crippen LogP contribution in [0.15, 0.2) is 36.4 Å². The van der Waals surface area contributed by atoms with Crippen LogP contribution >= 0.6 is 0 Å². The highest BCUT2D eigenvalue weighted by atomic mass is 16.5. The van der Waals surface area contributed by atoms with Crippen LogP contribution in [0.1, 0.15) is 79.8 Å². The summed E-state index contributed by atoms with van der Waals surface area (Å²) in [4.78, 5) is 23.2. The highest BCUT2D eigenvalue weighted by molar-refractivity contribution is 5.99. The van der Waals surface area contributed by atoms with E-state index in [1.165, 1.54) is 11.1 Å². The molecule has 5 nitrogen and oxygen atoms in total. The molecule has 2 aromatic carbocycles. The summed E-state index contributed by atoms with van der Waals surface area (Å²) in [5.41, 5.74) is 3.91. The lowest BCUT2D eigenvalue weighted by Crippen LogP contribution is -2.24. The first kappa shape index (κ1) is 22.9. The van der Waals surface area contributed by atoms with Gasteiger partial charge in [-0.05, 0) is 46.2 Å². The number of carbonyl (C=O) groups is 2. The maximum Gasteiger partial charge on any atom is 0.255 e. The Balaban J connectivity index is 0.000000176. The molecule has 5 heteroatoms. The second-order valence-electron chi connectivity index (χ2n) is 10.0. The Morgan fingerprint density at radius 3 is 1.84 bits per heavy atom. The quantitative estimate of drug-likeness (QED) is 0.644. The Morgan fingerprint density at radius 2 is 1.26 bits per heavy atom. The minimum atomic E-state index is -0.0482. The Labute approximate surface area is 185 Å². The molecule has 2 aliphatic heterocycles. The van der Waals surface area contributed by atoms with Crippen molar-refractivity contribution in [3.63, 3.8) is 0 Å². The summed E-state index contributed by atoms with van der Waals surface area (Å²) >= 11 is 0. The van der Waals surface area contributed by atoms with Crippen LogP contribution < -0.4 is 14.8 Å². The molecule has 1 N–H and O–H groups in total. The van der Waals surface area contributed by atoms with Crippen LogP contribution in [0.5, 0.6) is 11.5 Å². The zero-order chi connectivity index (χ0) is 22.8. The van der Waals surface area contributed by atoms with Crippen molar-refractivity contribution in [2.24, 2.45) is 0 Å². The summed E-state index contributed by atoms with van der Waals surface area (Å²) in [5.74, 6) is 1.59. The van der Waals surface area contributed by atoms with E-state index in [0.29, 0.717) is 37.5 Å². The van der Waals surface area contributed by atoms with Gasteiger partial charge in [0.2, 0.25) is 0 Å². The second-order valence-corrected chi connectivity index (χ2v) is 10.0. The Bertz CT molecular complexity index is 980. The summed E-state index contributed by atoms with van der Waals surface area (Å²) in [7, 11) is 0. The summed E-state index contributed by atoms with van der Waals surface area (Å²) in [6, 6.07) is 11.7. The van der Waals surface area contributed by atoms with Gasteiger partial charge in [0, 0.05) is 6.42 Å². The molecule has 0 bridgehead atoms. The SMILES string of the molecule is CC(C)(C)c1ccc2c(c1)OCCC2=O.CC(C)(C)c1ccc2c(c1)OCCNC2=O. The van der Waals surface area contributed by atoms with Crippen LogP contribution in [0.4, 0.5) is 0 Å². The number of ketones is 1. The molecular weight excluding hydrogens is 390 g/mol. The first-order valence-corrected chi connectivity index (χ1v) is 10.8. The number of benzene rings is 2. The van der Waals surface area contributed by atoms with E-state index >= 15 is 0 Å². The number of amides is 1. The fraction of sp³-hybridized carbons (Fsp3) is 0.462. The molecule has 0 saturated carbocycles. The van der Waals surface area contributed by atoms with Crippen molar-refractivity contribution >= 4 is 11.7 Å². The molecule has 1 amide bonds. The third-order valence-corrected chi connectivity index (χ3v) is 5.47. The number of nitrogens with one attached hydrogen (secondary N) is 1. The average molecular weight is 424 g/mol. The molecule has 0 aromatic heterocycles. The molecule has 2 aliphatic rings. The molecule has 0 radical (unpaired) electrons. The highest BCUT2D eigenvalue weighted by Crippen LogP contribution is 2.31. The van der Waals surface area contributed by atoms with E-state index in [2.05, 4.69) is 46.9 Å². The summed E-state index contributed by atoms with van der Waals surface area (Å²) in [6.07, 6.45) is 0.502. The van der Waals surface area contributed by atoms with Crippen LogP contribution in [0.2, 0.25) is 0 Å². The maximum atomic E-state index is 11.7. The molecule has 31 heavy (non-hydrogen) atoms. The first-order valence-electron chi connectivity index (χ1n) is 10.8. The van der Waals surface area contributed by atoms with Crippen molar-refractivity contribution in [1.82, 2.24) is 5.32 Å². The van der Waals surface area contributed by atoms with Crippen molar-refractivity contribution in [2.45, 2.75) is 58.8 Å². The van der Waals surface area contributed by atoms with Crippen LogP contribution in [-0.2, 0) is 10.8 Å². The molecule has 0 atom stereocenters. The topological polar surface area (TPSA) is 64.6 Å². The first-order chi connectivity index (χ1) is 14.5. The van der Waals surface area contributed by atoms with Gasteiger partial charge in [0.15, 0.2) is 5.78 Å². The normalized spacial score (nSPS) is 15.8. The van der Waals surface area contributed by atoms with Gasteiger partial charge in [-0.1, -0.05) is 53.7 Å². The van der Waals surface area contributed by atoms with Gasteiger partial charge >= 0.3 is 0 Å². The van der Waals surface area contributed by atoms with Gasteiger partial charge in [-0.2, -0.15) is 0 Å². The lowest BCUT2D eigenvalue weighted by molar-refractivity contribution is 0.0930. The van der Waals surface area contributed by atoms with E-state index < -0.39 is 0 Å². The molecule has 2 heterocycles. The van der Waals surface area contributed by atoms with Gasteiger partial charge in [0.1, 0.15) is 18.1 Å². The Hall–Kier alpha value is -2.82. The number of hydrogen-bond donors (Lipinski definition) is 1. The molecule has 0 fully saturated rings. The van der Waals surface area contributed by atoms with Crippen molar-refractivity contribution < 1.29 is 19.1 Å². The number of rotatable bonds is 0. The minimum Gasteiger partial charge on any atom is -0.492 e. The number of carbonyl (C=O) groups excluding carboxylic acids is 2. The van der Waals surface area contributed by atoms with E-state index in [-0.39, 0.29) is 22.5 Å². The minimum absolute atomic E-state index is 0.0482. The summed E-state index contributed by atoms with van der Waals surface area (Å²) < 4.78 is 11.1. The fourth-order valence-corrected chi connectivity index (χ4v) is 3.44. The highest BCUT2D eigenvalue weighted by Gasteiger charge is 2.22. The Morgan fingerprint density at radius 1 is 0.742 bits per heavy atom. The number of fused-ring (bicyclic) bond motifs is 2. The van der Waals surface area contributed by atoms with E-state index in [9.17, 15) is 9.59 Å². The van der Waals surface area contributed by atoms with Gasteiger partial charge in [0.25, 0.3) is 5.91 Å². The van der Waals surface area contributed by atoms with Crippen molar-refractivity contribution in [2.75, 3.05) is 19.8 Å². The lowest BCUT2D eigenvalue weighted by atomic mass is 9.86. The van der Waals surface area contributed by atoms with Gasteiger partial charge < -0.3 is 14.8 Å². The average Bonchev–Trinajstić information content (AvgIpc) is 2.88.